The third kappa shape index (κ3) is 3.69. The first kappa shape index (κ1) is 17.1. The number of H-pyrrole nitrogens is 1. The first-order valence-corrected chi connectivity index (χ1v) is 8.32. The van der Waals surface area contributed by atoms with Crippen molar-refractivity contribution in [1.29, 1.82) is 0 Å². The van der Waals surface area contributed by atoms with Crippen molar-refractivity contribution < 1.29 is 14.7 Å². The summed E-state index contributed by atoms with van der Waals surface area (Å²) in [6.45, 7) is 1.85. The van der Waals surface area contributed by atoms with Gasteiger partial charge < -0.3 is 15.4 Å². The normalized spacial score (nSPS) is 12.1. The van der Waals surface area contributed by atoms with Crippen molar-refractivity contribution in [2.75, 3.05) is 0 Å². The molecule has 8 heteroatoms. The highest BCUT2D eigenvalue weighted by atomic mass is 79.9. The van der Waals surface area contributed by atoms with Crippen LogP contribution in [0, 0.1) is 6.92 Å². The summed E-state index contributed by atoms with van der Waals surface area (Å²) in [7, 11) is 0. The Morgan fingerprint density at radius 3 is 2.68 bits per heavy atom. The van der Waals surface area contributed by atoms with E-state index in [4.69, 9.17) is 0 Å². The summed E-state index contributed by atoms with van der Waals surface area (Å²) >= 11 is 3.34. The highest BCUT2D eigenvalue weighted by Crippen LogP contribution is 2.22. The molecule has 3 rings (SSSR count). The number of aromatic amines is 1. The average molecular weight is 403 g/mol. The van der Waals surface area contributed by atoms with Gasteiger partial charge in [0.15, 0.2) is 0 Å². The van der Waals surface area contributed by atoms with Crippen LogP contribution in [0.1, 0.15) is 34.1 Å². The molecule has 3 N–H and O–H groups in total. The Hall–Kier alpha value is -2.74. The van der Waals surface area contributed by atoms with E-state index in [9.17, 15) is 14.7 Å². The molecule has 0 aliphatic rings. The maximum absolute atomic E-state index is 12.7. The first-order valence-electron chi connectivity index (χ1n) is 7.52. The van der Waals surface area contributed by atoms with Crippen molar-refractivity contribution in [2.45, 2.75) is 19.4 Å². The second-order valence-corrected chi connectivity index (χ2v) is 6.51. The molecule has 7 nitrogen and oxygen atoms in total. The summed E-state index contributed by atoms with van der Waals surface area (Å²) in [6.07, 6.45) is 2.83. The number of fused-ring (bicyclic) bond motifs is 1. The van der Waals surface area contributed by atoms with E-state index in [-0.39, 0.29) is 12.1 Å². The number of aliphatic carboxylic acids is 1. The zero-order valence-electron chi connectivity index (χ0n) is 13.3. The number of hydrogen-bond acceptors (Lipinski definition) is 4. The fourth-order valence-electron chi connectivity index (χ4n) is 2.64. The number of aryl methyl sites for hydroxylation is 1. The van der Waals surface area contributed by atoms with Gasteiger partial charge in [-0.1, -0.05) is 28.1 Å². The standard InChI is InChI=1S/C17H15BrN4O3/c1-9-7-19-16-14(9)15(20-8-21-16)17(25)22-12(6-13(23)24)10-2-4-11(18)5-3-10/h2-5,7-8,12H,6H2,1H3,(H,22,25)(H,23,24)(H,19,20,21)/t12-/m1/s1. The number of nitrogens with one attached hydrogen (secondary N) is 2. The van der Waals surface area contributed by atoms with Crippen LogP contribution in [0.2, 0.25) is 0 Å². The Morgan fingerprint density at radius 2 is 2.00 bits per heavy atom. The largest absolute Gasteiger partial charge is 0.481 e. The number of amides is 1. The van der Waals surface area contributed by atoms with Crippen LogP contribution in [-0.2, 0) is 4.79 Å². The molecule has 0 unspecified atom stereocenters. The zero-order valence-corrected chi connectivity index (χ0v) is 14.9. The van der Waals surface area contributed by atoms with Crippen molar-refractivity contribution in [2.24, 2.45) is 0 Å². The van der Waals surface area contributed by atoms with Gasteiger partial charge in [-0.3, -0.25) is 9.59 Å². The van der Waals surface area contributed by atoms with Gasteiger partial charge in [0, 0.05) is 10.7 Å². The van der Waals surface area contributed by atoms with E-state index in [0.29, 0.717) is 16.6 Å². The summed E-state index contributed by atoms with van der Waals surface area (Å²) in [5, 5.41) is 12.6. The van der Waals surface area contributed by atoms with E-state index < -0.39 is 17.9 Å². The van der Waals surface area contributed by atoms with Gasteiger partial charge >= 0.3 is 5.97 Å². The van der Waals surface area contributed by atoms with Crippen LogP contribution in [-0.4, -0.2) is 31.9 Å². The van der Waals surface area contributed by atoms with Gasteiger partial charge in [0.05, 0.1) is 17.8 Å². The molecule has 0 spiro atoms. The van der Waals surface area contributed by atoms with Crippen molar-refractivity contribution in [1.82, 2.24) is 20.3 Å². The molecule has 25 heavy (non-hydrogen) atoms. The van der Waals surface area contributed by atoms with Gasteiger partial charge in [0.25, 0.3) is 5.91 Å². The second kappa shape index (κ2) is 7.02. The Balaban J connectivity index is 1.93. The maximum atomic E-state index is 12.7. The molecule has 0 saturated carbocycles. The van der Waals surface area contributed by atoms with E-state index in [0.717, 1.165) is 10.0 Å². The van der Waals surface area contributed by atoms with Crippen LogP contribution >= 0.6 is 15.9 Å². The van der Waals surface area contributed by atoms with Gasteiger partial charge in [-0.25, -0.2) is 9.97 Å². The number of benzene rings is 1. The average Bonchev–Trinajstić information content (AvgIpc) is 2.96. The fraction of sp³-hybridized carbons (Fsp3) is 0.176. The maximum Gasteiger partial charge on any atom is 0.305 e. The number of carboxylic acid groups (broad SMARTS) is 1. The molecule has 128 valence electrons. The van der Waals surface area contributed by atoms with Crippen LogP contribution in [0.4, 0.5) is 0 Å². The lowest BCUT2D eigenvalue weighted by Crippen LogP contribution is -2.31. The number of rotatable bonds is 5. The molecule has 0 radical (unpaired) electrons. The van der Waals surface area contributed by atoms with Crippen LogP contribution < -0.4 is 5.32 Å². The molecule has 1 atom stereocenters. The lowest BCUT2D eigenvalue weighted by Gasteiger charge is -2.17. The third-order valence-electron chi connectivity index (χ3n) is 3.84. The number of carbonyl (C=O) groups is 2. The Kier molecular flexibility index (Phi) is 4.80. The van der Waals surface area contributed by atoms with Crippen LogP contribution in [0.3, 0.4) is 0 Å². The van der Waals surface area contributed by atoms with Crippen molar-refractivity contribution >= 4 is 38.8 Å². The summed E-state index contributed by atoms with van der Waals surface area (Å²) < 4.78 is 0.872. The topological polar surface area (TPSA) is 108 Å². The van der Waals surface area contributed by atoms with E-state index in [1.54, 1.807) is 30.5 Å². The first-order chi connectivity index (χ1) is 12.0. The number of aromatic nitrogens is 3. The molecule has 0 aliphatic carbocycles. The Morgan fingerprint density at radius 1 is 1.28 bits per heavy atom. The second-order valence-electron chi connectivity index (χ2n) is 5.59. The van der Waals surface area contributed by atoms with Crippen molar-refractivity contribution in [3.63, 3.8) is 0 Å². The molecule has 2 heterocycles. The predicted octanol–water partition coefficient (Wildman–Crippen LogP) is 2.97. The molecule has 1 amide bonds. The third-order valence-corrected chi connectivity index (χ3v) is 4.37. The summed E-state index contributed by atoms with van der Waals surface area (Å²) in [5.74, 6) is -1.44. The molecule has 1 aromatic carbocycles. The van der Waals surface area contributed by atoms with Crippen LogP contribution in [0.5, 0.6) is 0 Å². The number of halogens is 1. The molecule has 0 bridgehead atoms. The van der Waals surface area contributed by atoms with Crippen LogP contribution in [0.25, 0.3) is 11.0 Å². The van der Waals surface area contributed by atoms with Gasteiger partial charge in [-0.2, -0.15) is 0 Å². The SMILES string of the molecule is Cc1c[nH]c2ncnc(C(=O)N[C@H](CC(=O)O)c3ccc(Br)cc3)c12. The number of hydrogen-bond donors (Lipinski definition) is 3. The van der Waals surface area contributed by atoms with Crippen LogP contribution in [0.15, 0.2) is 41.3 Å². The van der Waals surface area contributed by atoms with Gasteiger partial charge in [-0.05, 0) is 30.2 Å². The summed E-state index contributed by atoms with van der Waals surface area (Å²) in [4.78, 5) is 35.1. The monoisotopic (exact) mass is 402 g/mol. The van der Waals surface area contributed by atoms with E-state index in [1.165, 1.54) is 6.33 Å². The molecule has 0 fully saturated rings. The highest BCUT2D eigenvalue weighted by molar-refractivity contribution is 9.10. The number of carboxylic acids is 1. The minimum Gasteiger partial charge on any atom is -0.481 e. The van der Waals surface area contributed by atoms with E-state index >= 15 is 0 Å². The summed E-state index contributed by atoms with van der Waals surface area (Å²) in [6, 6.07) is 6.48. The van der Waals surface area contributed by atoms with Gasteiger partial charge in [0.1, 0.15) is 17.7 Å². The van der Waals surface area contributed by atoms with Crippen molar-refractivity contribution in [3.05, 3.63) is 58.1 Å². The lowest BCUT2D eigenvalue weighted by molar-refractivity contribution is -0.137. The number of nitrogens with zero attached hydrogens (tertiary/aromatic N) is 2. The fourth-order valence-corrected chi connectivity index (χ4v) is 2.90. The quantitative estimate of drug-likeness (QED) is 0.607. The molecular formula is C17H15BrN4O3. The molecular weight excluding hydrogens is 388 g/mol. The zero-order chi connectivity index (χ0) is 18.0. The molecule has 0 aliphatic heterocycles. The smallest absolute Gasteiger partial charge is 0.305 e. The van der Waals surface area contributed by atoms with E-state index in [2.05, 4.69) is 36.2 Å². The minimum absolute atomic E-state index is 0.219. The van der Waals surface area contributed by atoms with Gasteiger partial charge in [0.2, 0.25) is 0 Å². The van der Waals surface area contributed by atoms with Crippen molar-refractivity contribution in [3.8, 4) is 0 Å². The molecule has 2 aromatic heterocycles. The Labute approximate surface area is 151 Å². The van der Waals surface area contributed by atoms with Gasteiger partial charge in [-0.15, -0.1) is 0 Å². The number of carbonyl (C=O) groups excluding carboxylic acids is 1. The highest BCUT2D eigenvalue weighted by Gasteiger charge is 2.22. The Bertz CT molecular complexity index is 937. The lowest BCUT2D eigenvalue weighted by atomic mass is 10.0. The predicted molar refractivity (Wildman–Crippen MR) is 95.2 cm³/mol. The molecule has 3 aromatic rings. The summed E-state index contributed by atoms with van der Waals surface area (Å²) in [5.41, 5.74) is 2.33. The van der Waals surface area contributed by atoms with E-state index in [1.807, 2.05) is 6.92 Å². The minimum atomic E-state index is -1.00. The molecule has 0 saturated heterocycles.